The van der Waals surface area contributed by atoms with Gasteiger partial charge in [0.25, 0.3) is 0 Å². The Balaban J connectivity index is 2.06. The minimum atomic E-state index is 0.453. The van der Waals surface area contributed by atoms with E-state index in [4.69, 9.17) is 13.9 Å². The predicted molar refractivity (Wildman–Crippen MR) is 88.8 cm³/mol. The Kier molecular flexibility index (Phi) is 6.14. The van der Waals surface area contributed by atoms with Crippen molar-refractivity contribution in [3.05, 3.63) is 44.7 Å². The number of halogens is 2. The topological polar surface area (TPSA) is 43.6 Å². The van der Waals surface area contributed by atoms with Crippen molar-refractivity contribution in [1.82, 2.24) is 5.32 Å². The molecular formula is C15H17Br2NO3. The lowest BCUT2D eigenvalue weighted by Gasteiger charge is -2.11. The highest BCUT2D eigenvalue weighted by Gasteiger charge is 2.11. The van der Waals surface area contributed by atoms with Gasteiger partial charge in [0.15, 0.2) is 0 Å². The van der Waals surface area contributed by atoms with E-state index in [1.54, 1.807) is 13.4 Å². The fraction of sp³-hybridized carbons (Fsp3) is 0.333. The summed E-state index contributed by atoms with van der Waals surface area (Å²) < 4.78 is 18.3. The van der Waals surface area contributed by atoms with Crippen LogP contribution in [0.4, 0.5) is 0 Å². The van der Waals surface area contributed by atoms with Crippen LogP contribution < -0.4 is 14.8 Å². The van der Waals surface area contributed by atoms with E-state index in [1.165, 1.54) is 0 Å². The Morgan fingerprint density at radius 1 is 1.19 bits per heavy atom. The monoisotopic (exact) mass is 417 g/mol. The van der Waals surface area contributed by atoms with Gasteiger partial charge in [0.05, 0.1) is 28.9 Å². The van der Waals surface area contributed by atoms with Crippen molar-refractivity contribution < 1.29 is 13.9 Å². The predicted octanol–water partition coefficient (Wildman–Crippen LogP) is 4.50. The van der Waals surface area contributed by atoms with Gasteiger partial charge in [-0.3, -0.25) is 0 Å². The number of methoxy groups -OCH3 is 1. The molecule has 2 aromatic rings. The molecule has 1 aromatic heterocycles. The smallest absolute Gasteiger partial charge is 0.135 e. The van der Waals surface area contributed by atoms with Crippen LogP contribution in [0.15, 0.2) is 37.8 Å². The summed E-state index contributed by atoms with van der Waals surface area (Å²) in [5.41, 5.74) is 1.04. The van der Waals surface area contributed by atoms with Crippen molar-refractivity contribution >= 4 is 31.9 Å². The Morgan fingerprint density at radius 3 is 2.62 bits per heavy atom. The average Bonchev–Trinajstić information content (AvgIpc) is 2.93. The maximum Gasteiger partial charge on any atom is 0.135 e. The van der Waals surface area contributed by atoms with Gasteiger partial charge < -0.3 is 19.2 Å². The summed E-state index contributed by atoms with van der Waals surface area (Å²) in [5.74, 6) is 2.41. The molecule has 21 heavy (non-hydrogen) atoms. The second-order valence-corrected chi connectivity index (χ2v) is 6.06. The van der Waals surface area contributed by atoms with Gasteiger partial charge in [-0.1, -0.05) is 6.92 Å². The van der Waals surface area contributed by atoms with Crippen LogP contribution in [-0.2, 0) is 13.2 Å². The second kappa shape index (κ2) is 7.87. The molecule has 0 amide bonds. The minimum Gasteiger partial charge on any atom is -0.496 e. The van der Waals surface area contributed by atoms with Crippen LogP contribution in [0, 0.1) is 0 Å². The third-order valence-corrected chi connectivity index (χ3v) is 4.20. The van der Waals surface area contributed by atoms with Gasteiger partial charge in [0.2, 0.25) is 0 Å². The van der Waals surface area contributed by atoms with Crippen LogP contribution in [0.25, 0.3) is 0 Å². The summed E-state index contributed by atoms with van der Waals surface area (Å²) in [5, 5.41) is 3.24. The molecule has 0 atom stereocenters. The molecule has 0 unspecified atom stereocenters. The number of benzene rings is 1. The molecule has 4 nitrogen and oxygen atoms in total. The third-order valence-electron chi connectivity index (χ3n) is 2.96. The number of ether oxygens (including phenoxy) is 2. The third kappa shape index (κ3) is 4.25. The normalized spacial score (nSPS) is 10.7. The molecule has 1 N–H and O–H groups in total. The van der Waals surface area contributed by atoms with Crippen molar-refractivity contribution in [2.75, 3.05) is 13.7 Å². The van der Waals surface area contributed by atoms with Gasteiger partial charge in [0.1, 0.15) is 23.9 Å². The summed E-state index contributed by atoms with van der Waals surface area (Å²) >= 11 is 6.94. The van der Waals surface area contributed by atoms with E-state index in [0.717, 1.165) is 38.3 Å². The zero-order chi connectivity index (χ0) is 15.2. The molecule has 2 rings (SSSR count). The Morgan fingerprint density at radius 2 is 1.90 bits per heavy atom. The van der Waals surface area contributed by atoms with Crippen molar-refractivity contribution in [3.63, 3.8) is 0 Å². The van der Waals surface area contributed by atoms with E-state index >= 15 is 0 Å². The Labute approximate surface area is 141 Å². The van der Waals surface area contributed by atoms with Crippen LogP contribution in [0.5, 0.6) is 11.5 Å². The highest BCUT2D eigenvalue weighted by Crippen LogP contribution is 2.36. The van der Waals surface area contributed by atoms with Gasteiger partial charge in [-0.05, 0) is 56.6 Å². The molecule has 0 fully saturated rings. The van der Waals surface area contributed by atoms with Crippen LogP contribution in [0.1, 0.15) is 18.2 Å². The number of nitrogens with one attached hydrogen (secondary N) is 1. The molecule has 1 aromatic carbocycles. The molecule has 0 radical (unpaired) electrons. The summed E-state index contributed by atoms with van der Waals surface area (Å²) in [6.07, 6.45) is 1.68. The quantitative estimate of drug-likeness (QED) is 0.718. The highest BCUT2D eigenvalue weighted by atomic mass is 79.9. The number of hydrogen-bond donors (Lipinski definition) is 1. The molecule has 0 aliphatic rings. The summed E-state index contributed by atoms with van der Waals surface area (Å²) in [4.78, 5) is 0. The van der Waals surface area contributed by atoms with E-state index in [0.29, 0.717) is 13.2 Å². The summed E-state index contributed by atoms with van der Waals surface area (Å²) in [6, 6.07) is 5.68. The molecule has 1 heterocycles. The zero-order valence-electron chi connectivity index (χ0n) is 11.9. The van der Waals surface area contributed by atoms with Crippen LogP contribution >= 0.6 is 31.9 Å². The Hall–Kier alpha value is -0.980. The summed E-state index contributed by atoms with van der Waals surface area (Å²) in [6.45, 7) is 4.12. The first kappa shape index (κ1) is 16.4. The number of furan rings is 1. The van der Waals surface area contributed by atoms with E-state index < -0.39 is 0 Å². The lowest BCUT2D eigenvalue weighted by Crippen LogP contribution is -2.12. The Bertz CT molecular complexity index is 599. The first-order chi connectivity index (χ1) is 10.2. The van der Waals surface area contributed by atoms with Crippen LogP contribution in [0.3, 0.4) is 0 Å². The lowest BCUT2D eigenvalue weighted by molar-refractivity contribution is 0.298. The van der Waals surface area contributed by atoms with Gasteiger partial charge in [-0.2, -0.15) is 0 Å². The largest absolute Gasteiger partial charge is 0.496 e. The second-order valence-electron chi connectivity index (χ2n) is 4.36. The molecule has 0 bridgehead atoms. The van der Waals surface area contributed by atoms with Gasteiger partial charge in [0, 0.05) is 5.56 Å². The van der Waals surface area contributed by atoms with Gasteiger partial charge in [-0.25, -0.2) is 0 Å². The SMILES string of the molecule is CCNCc1occc1COc1cc(Br)c(OC)cc1Br. The molecule has 0 saturated carbocycles. The molecule has 6 heteroatoms. The molecule has 0 saturated heterocycles. The van der Waals surface area contributed by atoms with Crippen molar-refractivity contribution in [3.8, 4) is 11.5 Å². The molecule has 0 aliphatic heterocycles. The van der Waals surface area contributed by atoms with E-state index in [1.807, 2.05) is 18.2 Å². The van der Waals surface area contributed by atoms with Crippen molar-refractivity contribution in [1.29, 1.82) is 0 Å². The van der Waals surface area contributed by atoms with E-state index in [-0.39, 0.29) is 0 Å². The minimum absolute atomic E-state index is 0.453. The van der Waals surface area contributed by atoms with Crippen LogP contribution in [-0.4, -0.2) is 13.7 Å². The molecule has 0 spiro atoms. The number of rotatable bonds is 7. The van der Waals surface area contributed by atoms with E-state index in [9.17, 15) is 0 Å². The average molecular weight is 419 g/mol. The van der Waals surface area contributed by atoms with E-state index in [2.05, 4.69) is 44.1 Å². The van der Waals surface area contributed by atoms with Gasteiger partial charge >= 0.3 is 0 Å². The van der Waals surface area contributed by atoms with Crippen molar-refractivity contribution in [2.45, 2.75) is 20.1 Å². The fourth-order valence-corrected chi connectivity index (χ4v) is 2.74. The first-order valence-electron chi connectivity index (χ1n) is 6.57. The van der Waals surface area contributed by atoms with Crippen molar-refractivity contribution in [2.24, 2.45) is 0 Å². The lowest BCUT2D eigenvalue weighted by atomic mass is 10.2. The molecule has 114 valence electrons. The first-order valence-corrected chi connectivity index (χ1v) is 8.16. The maximum absolute atomic E-state index is 5.86. The number of hydrogen-bond acceptors (Lipinski definition) is 4. The highest BCUT2D eigenvalue weighted by molar-refractivity contribution is 9.11. The fourth-order valence-electron chi connectivity index (χ4n) is 1.82. The molecule has 0 aliphatic carbocycles. The maximum atomic E-state index is 5.86. The molecular weight excluding hydrogens is 402 g/mol. The van der Waals surface area contributed by atoms with Crippen LogP contribution in [0.2, 0.25) is 0 Å². The standard InChI is InChI=1S/C15H17Br2NO3/c1-3-18-8-15-10(4-5-20-15)9-21-14-7-11(16)13(19-2)6-12(14)17/h4-7,18H,3,8-9H2,1-2H3. The van der Waals surface area contributed by atoms with Gasteiger partial charge in [-0.15, -0.1) is 0 Å². The zero-order valence-corrected chi connectivity index (χ0v) is 15.1. The summed E-state index contributed by atoms with van der Waals surface area (Å²) in [7, 11) is 1.63.